The normalized spacial score (nSPS) is 17.1. The summed E-state index contributed by atoms with van der Waals surface area (Å²) in [6, 6.07) is 3.02. The van der Waals surface area contributed by atoms with E-state index in [1.54, 1.807) is 13.0 Å². The van der Waals surface area contributed by atoms with E-state index in [9.17, 15) is 8.42 Å². The fourth-order valence-electron chi connectivity index (χ4n) is 2.51. The molecule has 6 heteroatoms. The smallest absolute Gasteiger partial charge is 0.240 e. The Morgan fingerprint density at radius 2 is 2.05 bits per heavy atom. The molecule has 1 aliphatic rings. The Labute approximate surface area is 125 Å². The van der Waals surface area contributed by atoms with Crippen molar-refractivity contribution in [2.24, 2.45) is 5.41 Å². The number of nitrogens with one attached hydrogen (secondary N) is 1. The summed E-state index contributed by atoms with van der Waals surface area (Å²) in [5.74, 6) is 0. The third-order valence-electron chi connectivity index (χ3n) is 3.96. The maximum atomic E-state index is 12.4. The number of sulfonamides is 1. The topological polar surface area (TPSA) is 72.2 Å². The molecule has 0 unspecified atom stereocenters. The minimum Gasteiger partial charge on any atom is -0.397 e. The lowest BCUT2D eigenvalue weighted by Gasteiger charge is -2.16. The monoisotopic (exact) mass is 316 g/mol. The summed E-state index contributed by atoms with van der Waals surface area (Å²) in [4.78, 5) is 0.215. The summed E-state index contributed by atoms with van der Waals surface area (Å²) in [6.45, 7) is 4.35. The first-order valence-corrected chi connectivity index (χ1v) is 8.71. The number of hydrogen-bond donors (Lipinski definition) is 2. The Morgan fingerprint density at radius 1 is 1.40 bits per heavy atom. The van der Waals surface area contributed by atoms with E-state index in [1.807, 2.05) is 0 Å². The van der Waals surface area contributed by atoms with Gasteiger partial charge < -0.3 is 5.73 Å². The van der Waals surface area contributed by atoms with Crippen LogP contribution in [-0.4, -0.2) is 15.0 Å². The van der Waals surface area contributed by atoms with Crippen LogP contribution in [0.1, 0.15) is 38.2 Å². The van der Waals surface area contributed by atoms with Crippen LogP contribution in [0.2, 0.25) is 5.02 Å². The molecule has 1 saturated carbocycles. The predicted molar refractivity (Wildman–Crippen MR) is 82.4 cm³/mol. The van der Waals surface area contributed by atoms with Crippen LogP contribution in [0.15, 0.2) is 17.0 Å². The number of aryl methyl sites for hydroxylation is 1. The highest BCUT2D eigenvalue weighted by molar-refractivity contribution is 7.89. The fourth-order valence-corrected chi connectivity index (χ4v) is 4.14. The number of nitrogen functional groups attached to an aromatic ring is 1. The van der Waals surface area contributed by atoms with E-state index >= 15 is 0 Å². The third-order valence-corrected chi connectivity index (χ3v) is 5.83. The quantitative estimate of drug-likeness (QED) is 0.792. The van der Waals surface area contributed by atoms with Gasteiger partial charge in [0.1, 0.15) is 0 Å². The lowest BCUT2D eigenvalue weighted by Crippen LogP contribution is -2.30. The molecule has 3 N–H and O–H groups in total. The Balaban J connectivity index is 2.17. The van der Waals surface area contributed by atoms with Crippen LogP contribution in [0, 0.1) is 12.3 Å². The number of anilines is 1. The predicted octanol–water partition coefficient (Wildman–Crippen LogP) is 3.09. The van der Waals surface area contributed by atoms with Gasteiger partial charge in [-0.2, -0.15) is 0 Å². The van der Waals surface area contributed by atoms with E-state index in [1.165, 1.54) is 6.07 Å². The Hall–Kier alpha value is -0.780. The maximum Gasteiger partial charge on any atom is 0.240 e. The molecular formula is C14H21ClN2O2S. The fraction of sp³-hybridized carbons (Fsp3) is 0.571. The highest BCUT2D eigenvalue weighted by Crippen LogP contribution is 2.49. The average Bonchev–Trinajstić information content (AvgIpc) is 3.12. The Bertz CT molecular complexity index is 610. The highest BCUT2D eigenvalue weighted by Gasteiger charge is 2.42. The number of rotatable bonds is 6. The van der Waals surface area contributed by atoms with Gasteiger partial charge in [0.15, 0.2) is 0 Å². The first-order chi connectivity index (χ1) is 9.30. The second-order valence-electron chi connectivity index (χ2n) is 5.71. The highest BCUT2D eigenvalue weighted by atomic mass is 35.5. The standard InChI is InChI=1S/C14H21ClN2O2S/c1-3-4-14(5-6-14)9-17-20(18,19)13-8-12(16)11(15)7-10(13)2/h7-8,17H,3-6,9,16H2,1-2H3. The van der Waals surface area contributed by atoms with Gasteiger partial charge in [0.05, 0.1) is 15.6 Å². The van der Waals surface area contributed by atoms with E-state index in [0.717, 1.165) is 25.7 Å². The third kappa shape index (κ3) is 3.27. The van der Waals surface area contributed by atoms with Crippen molar-refractivity contribution in [3.05, 3.63) is 22.7 Å². The van der Waals surface area contributed by atoms with Gasteiger partial charge in [-0.25, -0.2) is 13.1 Å². The molecule has 112 valence electrons. The molecule has 0 saturated heterocycles. The summed E-state index contributed by atoms with van der Waals surface area (Å²) in [6.07, 6.45) is 4.35. The van der Waals surface area contributed by atoms with Gasteiger partial charge in [-0.15, -0.1) is 0 Å². The Morgan fingerprint density at radius 3 is 2.60 bits per heavy atom. The summed E-state index contributed by atoms with van der Waals surface area (Å²) in [5.41, 5.74) is 6.77. The van der Waals surface area contributed by atoms with Crippen molar-refractivity contribution >= 4 is 27.3 Å². The lowest BCUT2D eigenvalue weighted by molar-refractivity contribution is 0.449. The molecule has 2 rings (SSSR count). The van der Waals surface area contributed by atoms with Crippen molar-refractivity contribution in [3.8, 4) is 0 Å². The van der Waals surface area contributed by atoms with Gasteiger partial charge in [0, 0.05) is 6.54 Å². The minimum atomic E-state index is -3.53. The molecule has 0 aromatic heterocycles. The summed E-state index contributed by atoms with van der Waals surface area (Å²) < 4.78 is 27.5. The summed E-state index contributed by atoms with van der Waals surface area (Å²) >= 11 is 5.90. The Kier molecular flexibility index (Phi) is 4.33. The van der Waals surface area contributed by atoms with E-state index in [0.29, 0.717) is 17.1 Å². The minimum absolute atomic E-state index is 0.174. The van der Waals surface area contributed by atoms with E-state index in [2.05, 4.69) is 11.6 Å². The molecule has 0 atom stereocenters. The molecule has 1 aromatic carbocycles. The van der Waals surface area contributed by atoms with Crippen molar-refractivity contribution < 1.29 is 8.42 Å². The molecule has 0 amide bonds. The first-order valence-electron chi connectivity index (χ1n) is 6.85. The molecule has 0 aliphatic heterocycles. The first kappa shape index (κ1) is 15.6. The van der Waals surface area contributed by atoms with Crippen LogP contribution in [0.25, 0.3) is 0 Å². The zero-order chi connectivity index (χ0) is 15.0. The van der Waals surface area contributed by atoms with E-state index in [-0.39, 0.29) is 16.0 Å². The van der Waals surface area contributed by atoms with Crippen LogP contribution >= 0.6 is 11.6 Å². The molecule has 1 aromatic rings. The molecule has 4 nitrogen and oxygen atoms in total. The van der Waals surface area contributed by atoms with E-state index < -0.39 is 10.0 Å². The molecule has 1 aliphatic carbocycles. The van der Waals surface area contributed by atoms with Gasteiger partial charge in [-0.1, -0.05) is 24.9 Å². The number of hydrogen-bond acceptors (Lipinski definition) is 3. The molecular weight excluding hydrogens is 296 g/mol. The zero-order valence-corrected chi connectivity index (χ0v) is 13.4. The van der Waals surface area contributed by atoms with Crippen LogP contribution in [0.5, 0.6) is 0 Å². The molecule has 0 bridgehead atoms. The van der Waals surface area contributed by atoms with Crippen LogP contribution in [0.3, 0.4) is 0 Å². The van der Waals surface area contributed by atoms with Gasteiger partial charge in [-0.3, -0.25) is 0 Å². The van der Waals surface area contributed by atoms with Crippen LogP contribution < -0.4 is 10.5 Å². The molecule has 20 heavy (non-hydrogen) atoms. The van der Waals surface area contributed by atoms with Crippen LogP contribution in [0.4, 0.5) is 5.69 Å². The number of nitrogens with two attached hydrogens (primary N) is 1. The van der Waals surface area contributed by atoms with Crippen LogP contribution in [-0.2, 0) is 10.0 Å². The summed E-state index contributed by atoms with van der Waals surface area (Å²) in [7, 11) is -3.53. The number of benzene rings is 1. The van der Waals surface area contributed by atoms with Gasteiger partial charge in [0.25, 0.3) is 0 Å². The SMILES string of the molecule is CCCC1(CNS(=O)(=O)c2cc(N)c(Cl)cc2C)CC1. The largest absolute Gasteiger partial charge is 0.397 e. The van der Waals surface area contributed by atoms with Crippen molar-refractivity contribution in [3.63, 3.8) is 0 Å². The van der Waals surface area contributed by atoms with Crippen molar-refractivity contribution in [2.75, 3.05) is 12.3 Å². The van der Waals surface area contributed by atoms with Crippen molar-refractivity contribution in [2.45, 2.75) is 44.4 Å². The van der Waals surface area contributed by atoms with Gasteiger partial charge in [0.2, 0.25) is 10.0 Å². The second kappa shape index (κ2) is 5.54. The van der Waals surface area contributed by atoms with Crippen molar-refractivity contribution in [1.29, 1.82) is 0 Å². The maximum absolute atomic E-state index is 12.4. The number of halogens is 1. The van der Waals surface area contributed by atoms with E-state index in [4.69, 9.17) is 17.3 Å². The van der Waals surface area contributed by atoms with Gasteiger partial charge in [-0.05, 0) is 49.3 Å². The van der Waals surface area contributed by atoms with Crippen molar-refractivity contribution in [1.82, 2.24) is 4.72 Å². The molecule has 0 heterocycles. The zero-order valence-electron chi connectivity index (χ0n) is 11.9. The average molecular weight is 317 g/mol. The van der Waals surface area contributed by atoms with Gasteiger partial charge >= 0.3 is 0 Å². The second-order valence-corrected chi connectivity index (χ2v) is 7.86. The summed E-state index contributed by atoms with van der Waals surface area (Å²) in [5, 5.41) is 0.381. The molecule has 1 fully saturated rings. The lowest BCUT2D eigenvalue weighted by atomic mass is 10.0. The molecule has 0 radical (unpaired) electrons. The molecule has 0 spiro atoms.